The first kappa shape index (κ1) is 28.8. The molecule has 2 aromatic rings. The maximum atomic E-state index is 13.5. The number of amidine groups is 1. The molecule has 6 nitrogen and oxygen atoms in total. The third kappa shape index (κ3) is 6.54. The van der Waals surface area contributed by atoms with Crippen LogP contribution in [0.1, 0.15) is 96.6 Å². The third-order valence-electron chi connectivity index (χ3n) is 7.89. The lowest BCUT2D eigenvalue weighted by atomic mass is 9.95. The second kappa shape index (κ2) is 13.3. The van der Waals surface area contributed by atoms with E-state index < -0.39 is 11.6 Å². The first-order valence-electron chi connectivity index (χ1n) is 14.9. The number of aliphatic imine (C=N–C) groups is 1. The molecule has 0 radical (unpaired) electrons. The molecule has 1 saturated carbocycles. The number of aryl methyl sites for hydroxylation is 1. The topological polar surface area (TPSA) is 68.2 Å². The second-order valence-corrected chi connectivity index (χ2v) is 10.8. The molecule has 0 saturated heterocycles. The molecule has 4 rings (SSSR count). The van der Waals surface area contributed by atoms with E-state index in [1.54, 1.807) is 6.92 Å². The van der Waals surface area contributed by atoms with E-state index >= 15 is 0 Å². The lowest BCUT2D eigenvalue weighted by Crippen LogP contribution is -2.40. The first-order valence-corrected chi connectivity index (χ1v) is 14.9. The minimum atomic E-state index is -0.623. The van der Waals surface area contributed by atoms with Crippen LogP contribution in [-0.2, 0) is 27.3 Å². The van der Waals surface area contributed by atoms with Gasteiger partial charge in [0.1, 0.15) is 17.1 Å². The van der Waals surface area contributed by atoms with Gasteiger partial charge in [-0.2, -0.15) is 0 Å². The van der Waals surface area contributed by atoms with Crippen molar-refractivity contribution in [2.75, 3.05) is 6.61 Å². The Labute approximate surface area is 233 Å². The maximum absolute atomic E-state index is 13.5. The first-order chi connectivity index (χ1) is 18.9. The number of nitrogens with zero attached hydrogens (tertiary/aromatic N) is 2. The Morgan fingerprint density at radius 3 is 2.38 bits per heavy atom. The summed E-state index contributed by atoms with van der Waals surface area (Å²) in [5.74, 6) is 1.49. The van der Waals surface area contributed by atoms with Crippen molar-refractivity contribution in [3.63, 3.8) is 0 Å². The smallest absolute Gasteiger partial charge is 0.347 e. The van der Waals surface area contributed by atoms with Crippen molar-refractivity contribution < 1.29 is 19.1 Å². The second-order valence-electron chi connectivity index (χ2n) is 10.8. The lowest BCUT2D eigenvalue weighted by Gasteiger charge is -2.23. The van der Waals surface area contributed by atoms with Gasteiger partial charge >= 0.3 is 5.97 Å². The number of hydrogen-bond donors (Lipinski definition) is 0. The number of benzene rings is 2. The number of amides is 1. The summed E-state index contributed by atoms with van der Waals surface area (Å²) in [6, 6.07) is 14.6. The van der Waals surface area contributed by atoms with Crippen LogP contribution >= 0.6 is 0 Å². The van der Waals surface area contributed by atoms with Gasteiger partial charge < -0.3 is 9.47 Å². The van der Waals surface area contributed by atoms with E-state index in [2.05, 4.69) is 44.2 Å². The molecule has 39 heavy (non-hydrogen) atoms. The highest BCUT2D eigenvalue weighted by molar-refractivity contribution is 6.08. The molecule has 2 aliphatic rings. The average molecular weight is 533 g/mol. The van der Waals surface area contributed by atoms with Gasteiger partial charge in [-0.3, -0.25) is 14.7 Å². The zero-order valence-corrected chi connectivity index (χ0v) is 24.1. The van der Waals surface area contributed by atoms with Gasteiger partial charge in [-0.05, 0) is 73.4 Å². The average Bonchev–Trinajstić information content (AvgIpc) is 3.52. The normalized spacial score (nSPS) is 17.0. The monoisotopic (exact) mass is 532 g/mol. The van der Waals surface area contributed by atoms with Crippen LogP contribution in [0.3, 0.4) is 0 Å². The van der Waals surface area contributed by atoms with Crippen molar-refractivity contribution in [2.45, 2.75) is 110 Å². The summed E-state index contributed by atoms with van der Waals surface area (Å²) in [4.78, 5) is 32.8. The molecule has 210 valence electrons. The van der Waals surface area contributed by atoms with Crippen molar-refractivity contribution in [3.8, 4) is 16.9 Å². The largest absolute Gasteiger partial charge is 0.479 e. The summed E-state index contributed by atoms with van der Waals surface area (Å²) in [6.07, 6.45) is 8.82. The van der Waals surface area contributed by atoms with Gasteiger partial charge in [0.05, 0.1) is 13.2 Å². The van der Waals surface area contributed by atoms with E-state index in [4.69, 9.17) is 14.5 Å². The number of unbranched alkanes of at least 4 members (excludes halogenated alkanes) is 1. The molecular formula is C33H44N2O4. The Balaban J connectivity index is 1.55. The van der Waals surface area contributed by atoms with Crippen LogP contribution < -0.4 is 4.74 Å². The van der Waals surface area contributed by atoms with Gasteiger partial charge in [-0.15, -0.1) is 0 Å². The van der Waals surface area contributed by atoms with Gasteiger partial charge in [0.25, 0.3) is 5.91 Å². The number of ether oxygens (including phenoxy) is 2. The Morgan fingerprint density at radius 1 is 1.00 bits per heavy atom. The highest BCUT2D eigenvalue weighted by Crippen LogP contribution is 2.40. The van der Waals surface area contributed by atoms with Crippen molar-refractivity contribution in [1.29, 1.82) is 0 Å². The molecule has 1 spiro atoms. The number of carbonyl (C=O) groups is 2. The summed E-state index contributed by atoms with van der Waals surface area (Å²) in [7, 11) is 0. The Kier molecular flexibility index (Phi) is 9.82. The third-order valence-corrected chi connectivity index (χ3v) is 7.89. The van der Waals surface area contributed by atoms with E-state index in [9.17, 15) is 9.59 Å². The van der Waals surface area contributed by atoms with Crippen molar-refractivity contribution in [2.24, 2.45) is 4.99 Å². The van der Waals surface area contributed by atoms with Gasteiger partial charge in [-0.1, -0.05) is 76.8 Å². The molecule has 1 atom stereocenters. The Morgan fingerprint density at radius 2 is 1.74 bits per heavy atom. The maximum Gasteiger partial charge on any atom is 0.347 e. The Hall–Kier alpha value is -3.15. The number of carbonyl (C=O) groups excluding carboxylic acids is 2. The van der Waals surface area contributed by atoms with Crippen LogP contribution in [0.5, 0.6) is 5.75 Å². The highest BCUT2D eigenvalue weighted by Gasteiger charge is 2.49. The molecule has 1 heterocycles. The molecule has 1 aliphatic carbocycles. The van der Waals surface area contributed by atoms with Crippen molar-refractivity contribution in [3.05, 3.63) is 53.6 Å². The fourth-order valence-electron chi connectivity index (χ4n) is 5.75. The quantitative estimate of drug-likeness (QED) is 0.254. The standard InChI is InChI=1S/C33H44N2O4/c1-5-9-13-30-34-33(20-10-11-21-33)32(37)35(30)23-24-14-16-26(17-15-24)28-22-27(19-18-25(28)12-6-2)39-29(7-3)31(36)38-8-4/h14-19,22,29H,5-13,20-21,23H2,1-4H3. The fraction of sp³-hybridized carbons (Fsp3) is 0.545. The van der Waals surface area contributed by atoms with Crippen LogP contribution in [0, 0.1) is 0 Å². The van der Waals surface area contributed by atoms with Crippen LogP contribution in [0.4, 0.5) is 0 Å². The van der Waals surface area contributed by atoms with E-state index in [0.717, 1.165) is 80.3 Å². The fourth-order valence-corrected chi connectivity index (χ4v) is 5.75. The van der Waals surface area contributed by atoms with Gasteiger partial charge in [0.15, 0.2) is 6.10 Å². The molecule has 6 heteroatoms. The van der Waals surface area contributed by atoms with Gasteiger partial charge in [-0.25, -0.2) is 4.79 Å². The van der Waals surface area contributed by atoms with Crippen molar-refractivity contribution in [1.82, 2.24) is 4.90 Å². The summed E-state index contributed by atoms with van der Waals surface area (Å²) < 4.78 is 11.2. The van der Waals surface area contributed by atoms with Crippen LogP contribution in [-0.4, -0.2) is 40.9 Å². The molecule has 0 bridgehead atoms. The molecule has 1 fully saturated rings. The number of esters is 1. The molecular weight excluding hydrogens is 488 g/mol. The zero-order valence-electron chi connectivity index (χ0n) is 24.1. The number of hydrogen-bond acceptors (Lipinski definition) is 5. The van der Waals surface area contributed by atoms with Gasteiger partial charge in [0.2, 0.25) is 0 Å². The van der Waals surface area contributed by atoms with E-state index in [1.165, 1.54) is 5.56 Å². The SMILES string of the molecule is CCCCC1=NC2(CCCC2)C(=O)N1Cc1ccc(-c2cc(OC(CC)C(=O)OCC)ccc2CCC)cc1. The zero-order chi connectivity index (χ0) is 27.8. The lowest BCUT2D eigenvalue weighted by molar-refractivity contribution is -0.151. The summed E-state index contributed by atoms with van der Waals surface area (Å²) >= 11 is 0. The molecule has 0 aromatic heterocycles. The van der Waals surface area contributed by atoms with E-state index in [0.29, 0.717) is 25.3 Å². The predicted molar refractivity (Wildman–Crippen MR) is 156 cm³/mol. The summed E-state index contributed by atoms with van der Waals surface area (Å²) in [5.41, 5.74) is 4.04. The molecule has 1 aliphatic heterocycles. The van der Waals surface area contributed by atoms with Crippen LogP contribution in [0.25, 0.3) is 11.1 Å². The molecule has 2 aromatic carbocycles. The minimum Gasteiger partial charge on any atom is -0.479 e. The van der Waals surface area contributed by atoms with Gasteiger partial charge in [0, 0.05) is 6.42 Å². The van der Waals surface area contributed by atoms with Crippen LogP contribution in [0.15, 0.2) is 47.5 Å². The summed E-state index contributed by atoms with van der Waals surface area (Å²) in [5, 5.41) is 0. The molecule has 1 amide bonds. The van der Waals surface area contributed by atoms with E-state index in [-0.39, 0.29) is 11.9 Å². The van der Waals surface area contributed by atoms with E-state index in [1.807, 2.05) is 24.0 Å². The summed E-state index contributed by atoms with van der Waals surface area (Å²) in [6.45, 7) is 8.97. The Bertz CT molecular complexity index is 1160. The molecule has 1 unspecified atom stereocenters. The predicted octanol–water partition coefficient (Wildman–Crippen LogP) is 7.27. The minimum absolute atomic E-state index is 0.192. The highest BCUT2D eigenvalue weighted by atomic mass is 16.6. The number of rotatable bonds is 13. The molecule has 0 N–H and O–H groups in total. The van der Waals surface area contributed by atoms with Crippen molar-refractivity contribution >= 4 is 17.7 Å². The van der Waals surface area contributed by atoms with Crippen LogP contribution in [0.2, 0.25) is 0 Å².